The van der Waals surface area contributed by atoms with Gasteiger partial charge in [0, 0.05) is 0 Å². The first-order valence-electron chi connectivity index (χ1n) is 3.97. The van der Waals surface area contributed by atoms with Crippen molar-refractivity contribution in [3.63, 3.8) is 0 Å². The highest BCUT2D eigenvalue weighted by molar-refractivity contribution is 5.84. The maximum atomic E-state index is 12.9. The van der Waals surface area contributed by atoms with Gasteiger partial charge in [-0.3, -0.25) is 0 Å². The molecule has 1 aromatic carbocycles. The van der Waals surface area contributed by atoms with Crippen molar-refractivity contribution in [3.05, 3.63) is 24.0 Å². The Balaban J connectivity index is 2.81. The summed E-state index contributed by atoms with van der Waals surface area (Å²) in [6.45, 7) is 0. The lowest BCUT2D eigenvalue weighted by atomic mass is 10.2. The van der Waals surface area contributed by atoms with Crippen LogP contribution in [0.1, 0.15) is 0 Å². The number of nitrogen functional groups attached to an aromatic ring is 1. The molecule has 0 saturated carbocycles. The van der Waals surface area contributed by atoms with E-state index in [9.17, 15) is 4.39 Å². The van der Waals surface area contributed by atoms with Crippen molar-refractivity contribution in [1.82, 2.24) is 9.97 Å². The molecule has 0 spiro atoms. The number of hydrogen-bond donors (Lipinski definition) is 1. The third kappa shape index (κ3) is 1.32. The second kappa shape index (κ2) is 3.10. The Morgan fingerprint density at radius 2 is 2.14 bits per heavy atom. The highest BCUT2D eigenvalue weighted by atomic mass is 19.1. The number of rotatable bonds is 1. The Kier molecular flexibility index (Phi) is 1.92. The maximum absolute atomic E-state index is 12.9. The minimum absolute atomic E-state index is 0.112. The van der Waals surface area contributed by atoms with Crippen molar-refractivity contribution in [2.24, 2.45) is 0 Å². The zero-order chi connectivity index (χ0) is 10.1. The number of hydrogen-bond acceptors (Lipinski definition) is 4. The van der Waals surface area contributed by atoms with Gasteiger partial charge in [0.2, 0.25) is 11.8 Å². The van der Waals surface area contributed by atoms with Crippen molar-refractivity contribution in [1.29, 1.82) is 0 Å². The fourth-order valence-corrected chi connectivity index (χ4v) is 1.25. The number of aromatic nitrogens is 2. The van der Waals surface area contributed by atoms with E-state index >= 15 is 0 Å². The summed E-state index contributed by atoms with van der Waals surface area (Å²) in [6, 6.07) is 4.16. The zero-order valence-corrected chi connectivity index (χ0v) is 7.49. The molecule has 72 valence electrons. The highest BCUT2D eigenvalue weighted by Gasteiger charge is 2.06. The largest absolute Gasteiger partial charge is 0.480 e. The van der Waals surface area contributed by atoms with E-state index in [0.29, 0.717) is 10.9 Å². The molecule has 2 N–H and O–H groups in total. The van der Waals surface area contributed by atoms with Crippen molar-refractivity contribution in [2.45, 2.75) is 0 Å². The van der Waals surface area contributed by atoms with Crippen LogP contribution < -0.4 is 10.5 Å². The third-order valence-corrected chi connectivity index (χ3v) is 1.83. The van der Waals surface area contributed by atoms with E-state index in [4.69, 9.17) is 10.5 Å². The topological polar surface area (TPSA) is 61.0 Å². The molecule has 14 heavy (non-hydrogen) atoms. The summed E-state index contributed by atoms with van der Waals surface area (Å²) >= 11 is 0. The number of fused-ring (bicyclic) bond motifs is 1. The molecule has 5 heteroatoms. The van der Waals surface area contributed by atoms with E-state index < -0.39 is 0 Å². The summed E-state index contributed by atoms with van der Waals surface area (Å²) in [5.41, 5.74) is 6.01. The lowest BCUT2D eigenvalue weighted by Crippen LogP contribution is -1.98. The summed E-state index contributed by atoms with van der Waals surface area (Å²) in [7, 11) is 1.45. The molecule has 2 aromatic rings. The van der Waals surface area contributed by atoms with Gasteiger partial charge in [0.1, 0.15) is 5.82 Å². The quantitative estimate of drug-likeness (QED) is 0.742. The van der Waals surface area contributed by atoms with Gasteiger partial charge >= 0.3 is 0 Å². The van der Waals surface area contributed by atoms with Gasteiger partial charge in [-0.2, -0.15) is 4.98 Å². The molecule has 1 heterocycles. The normalized spacial score (nSPS) is 10.4. The average molecular weight is 193 g/mol. The van der Waals surface area contributed by atoms with E-state index in [1.807, 2.05) is 0 Å². The van der Waals surface area contributed by atoms with Crippen LogP contribution in [0.3, 0.4) is 0 Å². The van der Waals surface area contributed by atoms with Crippen molar-refractivity contribution < 1.29 is 9.13 Å². The van der Waals surface area contributed by atoms with Crippen LogP contribution in [0, 0.1) is 5.82 Å². The fraction of sp³-hybridized carbons (Fsp3) is 0.111. The summed E-state index contributed by atoms with van der Waals surface area (Å²) in [5, 5.41) is 0.515. The Morgan fingerprint density at radius 3 is 2.86 bits per heavy atom. The molecule has 0 fully saturated rings. The van der Waals surface area contributed by atoms with Crippen LogP contribution in [0.4, 0.5) is 10.3 Å². The van der Waals surface area contributed by atoms with Crippen molar-refractivity contribution in [2.75, 3.05) is 12.8 Å². The summed E-state index contributed by atoms with van der Waals surface area (Å²) < 4.78 is 17.9. The van der Waals surface area contributed by atoms with Crippen LogP contribution >= 0.6 is 0 Å². The first kappa shape index (κ1) is 8.68. The first-order valence-corrected chi connectivity index (χ1v) is 3.97. The molecule has 0 bridgehead atoms. The van der Waals surface area contributed by atoms with Gasteiger partial charge < -0.3 is 10.5 Å². The molecule has 1 aromatic heterocycles. The monoisotopic (exact) mass is 193 g/mol. The molecule has 0 unspecified atom stereocenters. The van der Waals surface area contributed by atoms with Crippen LogP contribution in [0.5, 0.6) is 5.88 Å². The summed E-state index contributed by atoms with van der Waals surface area (Å²) in [6.07, 6.45) is 0. The van der Waals surface area contributed by atoms with Crippen LogP contribution in [0.2, 0.25) is 0 Å². The van der Waals surface area contributed by atoms with Gasteiger partial charge in [-0.05, 0) is 18.2 Å². The number of anilines is 1. The number of benzene rings is 1. The van der Waals surface area contributed by atoms with Crippen LogP contribution in [0.15, 0.2) is 18.2 Å². The predicted octanol–water partition coefficient (Wildman–Crippen LogP) is 1.36. The number of methoxy groups -OCH3 is 1. The predicted molar refractivity (Wildman–Crippen MR) is 50.5 cm³/mol. The van der Waals surface area contributed by atoms with Gasteiger partial charge in [0.15, 0.2) is 0 Å². The fourth-order valence-electron chi connectivity index (χ4n) is 1.25. The zero-order valence-electron chi connectivity index (χ0n) is 7.49. The maximum Gasteiger partial charge on any atom is 0.226 e. The number of halogens is 1. The number of ether oxygens (including phenoxy) is 1. The smallest absolute Gasteiger partial charge is 0.226 e. The molecular formula is C9H8FN3O. The van der Waals surface area contributed by atoms with Crippen LogP contribution in [-0.2, 0) is 0 Å². The molecule has 0 aliphatic rings. The van der Waals surface area contributed by atoms with Gasteiger partial charge in [0.25, 0.3) is 0 Å². The van der Waals surface area contributed by atoms with E-state index in [0.717, 1.165) is 0 Å². The average Bonchev–Trinajstić information content (AvgIpc) is 2.17. The lowest BCUT2D eigenvalue weighted by molar-refractivity contribution is 0.403. The van der Waals surface area contributed by atoms with E-state index in [2.05, 4.69) is 9.97 Å². The Hall–Kier alpha value is -1.91. The Bertz CT molecular complexity index is 487. The molecule has 0 aliphatic heterocycles. The Morgan fingerprint density at radius 1 is 1.36 bits per heavy atom. The van der Waals surface area contributed by atoms with Gasteiger partial charge in [-0.1, -0.05) is 0 Å². The van der Waals surface area contributed by atoms with Crippen molar-refractivity contribution >= 4 is 16.9 Å². The molecule has 2 rings (SSSR count). The third-order valence-electron chi connectivity index (χ3n) is 1.83. The molecule has 0 amide bonds. The first-order chi connectivity index (χ1) is 6.70. The minimum Gasteiger partial charge on any atom is -0.480 e. The van der Waals surface area contributed by atoms with Gasteiger partial charge in [-0.25, -0.2) is 9.37 Å². The number of nitrogens with zero attached hydrogens (tertiary/aromatic N) is 2. The molecular weight excluding hydrogens is 185 g/mol. The second-order valence-corrected chi connectivity index (χ2v) is 2.75. The number of nitrogens with two attached hydrogens (primary N) is 1. The van der Waals surface area contributed by atoms with Gasteiger partial charge in [0.05, 0.1) is 18.0 Å². The van der Waals surface area contributed by atoms with Crippen LogP contribution in [0.25, 0.3) is 10.9 Å². The lowest BCUT2D eigenvalue weighted by Gasteiger charge is -2.04. The van der Waals surface area contributed by atoms with Crippen molar-refractivity contribution in [3.8, 4) is 5.88 Å². The van der Waals surface area contributed by atoms with E-state index in [-0.39, 0.29) is 17.6 Å². The summed E-state index contributed by atoms with van der Waals surface area (Å²) in [4.78, 5) is 7.78. The molecule has 0 aliphatic carbocycles. The Labute approximate surface area is 79.5 Å². The molecule has 0 saturated heterocycles. The molecule has 0 atom stereocenters. The summed E-state index contributed by atoms with van der Waals surface area (Å²) in [5.74, 6) is 0.0390. The van der Waals surface area contributed by atoms with Gasteiger partial charge in [-0.15, -0.1) is 0 Å². The SMILES string of the molecule is COc1nc(N)nc2ccc(F)cc12. The second-order valence-electron chi connectivity index (χ2n) is 2.75. The van der Waals surface area contributed by atoms with E-state index in [1.54, 1.807) is 0 Å². The molecule has 4 nitrogen and oxygen atoms in total. The molecule has 0 radical (unpaired) electrons. The van der Waals surface area contributed by atoms with Crippen LogP contribution in [-0.4, -0.2) is 17.1 Å². The van der Waals surface area contributed by atoms with E-state index in [1.165, 1.54) is 25.3 Å². The minimum atomic E-state index is -0.357. The highest BCUT2D eigenvalue weighted by Crippen LogP contribution is 2.23. The standard InChI is InChI=1S/C9H8FN3O/c1-14-8-6-4-5(10)2-3-7(6)12-9(11)13-8/h2-4H,1H3,(H2,11,12,13).